The van der Waals surface area contributed by atoms with E-state index in [1.165, 1.54) is 0 Å². The lowest BCUT2D eigenvalue weighted by Crippen LogP contribution is -2.33. The molecule has 0 saturated heterocycles. The Morgan fingerprint density at radius 1 is 1.03 bits per heavy atom. The Kier molecular flexibility index (Phi) is 5.97. The summed E-state index contributed by atoms with van der Waals surface area (Å²) in [6.07, 6.45) is 0.501. The molecule has 2 unspecified atom stereocenters. The first kappa shape index (κ1) is 19.7. The molecule has 5 heteroatoms. The molecule has 0 aliphatic carbocycles. The number of aromatic hydroxyl groups is 1. The molecule has 3 aromatic carbocycles. The highest BCUT2D eigenvalue weighted by atomic mass is 79.9. The maximum absolute atomic E-state index is 10.4. The van der Waals surface area contributed by atoms with Gasteiger partial charge in [0.15, 0.2) is 0 Å². The van der Waals surface area contributed by atoms with Crippen molar-refractivity contribution in [2.75, 3.05) is 6.61 Å². The molecule has 4 nitrogen and oxygen atoms in total. The van der Waals surface area contributed by atoms with Crippen molar-refractivity contribution in [3.63, 3.8) is 0 Å². The van der Waals surface area contributed by atoms with E-state index in [1.807, 2.05) is 49.4 Å². The molecule has 0 saturated carbocycles. The van der Waals surface area contributed by atoms with Crippen molar-refractivity contribution in [2.45, 2.75) is 25.6 Å². The molecule has 1 aliphatic heterocycles. The smallest absolute Gasteiger partial charge is 0.126 e. The zero-order chi connectivity index (χ0) is 20.2. The van der Waals surface area contributed by atoms with Crippen LogP contribution >= 0.6 is 15.9 Å². The topological polar surface area (TPSA) is 53.8 Å². The van der Waals surface area contributed by atoms with Crippen LogP contribution < -0.4 is 10.1 Å². The largest absolute Gasteiger partial charge is 0.508 e. The normalized spacial score (nSPS) is 18.9. The van der Waals surface area contributed by atoms with Crippen LogP contribution in [0.5, 0.6) is 11.5 Å². The summed E-state index contributed by atoms with van der Waals surface area (Å²) in [7, 11) is 0. The number of nitrogens with one attached hydrogen (secondary N) is 1. The predicted octanol–water partition coefficient (Wildman–Crippen LogP) is 5.78. The van der Waals surface area contributed by atoms with E-state index in [0.717, 1.165) is 32.6 Å². The van der Waals surface area contributed by atoms with Crippen molar-refractivity contribution in [2.24, 2.45) is 4.99 Å². The quantitative estimate of drug-likeness (QED) is 0.518. The van der Waals surface area contributed by atoms with Gasteiger partial charge in [0.25, 0.3) is 0 Å². The first-order valence-electron chi connectivity index (χ1n) is 9.73. The fraction of sp³-hybridized carbons (Fsp3) is 0.208. The molecular weight excluding hydrogens is 428 g/mol. The van der Waals surface area contributed by atoms with Gasteiger partial charge in [0, 0.05) is 28.2 Å². The number of nitrogens with zero attached hydrogens (tertiary/aromatic N) is 1. The minimum absolute atomic E-state index is 0.0380. The molecule has 0 aromatic heterocycles. The lowest BCUT2D eigenvalue weighted by Gasteiger charge is -2.31. The number of rotatable bonds is 5. The van der Waals surface area contributed by atoms with Crippen LogP contribution in [0.25, 0.3) is 0 Å². The number of phenolic OH excluding ortho intramolecular Hbond substituents is 1. The maximum Gasteiger partial charge on any atom is 0.126 e. The summed E-state index contributed by atoms with van der Waals surface area (Å²) in [6, 6.07) is 23.7. The minimum Gasteiger partial charge on any atom is -0.508 e. The lowest BCUT2D eigenvalue weighted by molar-refractivity contribution is 0.340. The van der Waals surface area contributed by atoms with Gasteiger partial charge in [0.2, 0.25) is 0 Å². The zero-order valence-corrected chi connectivity index (χ0v) is 17.8. The summed E-state index contributed by atoms with van der Waals surface area (Å²) in [6.45, 7) is 2.62. The fourth-order valence-corrected chi connectivity index (χ4v) is 3.85. The van der Waals surface area contributed by atoms with Gasteiger partial charge in [0.05, 0.1) is 6.61 Å². The standard InChI is InChI=1S/C24H23BrN2O2/c1-2-29-19-13-9-16(10-14-19)21-15-22(20-5-3-4-6-23(20)28)27-24(26-21)17-7-11-18(25)12-8-17/h3-14,22,24,27-28H,2,15H2,1H3. The van der Waals surface area contributed by atoms with E-state index in [0.29, 0.717) is 18.8 Å². The third-order valence-corrected chi connectivity index (χ3v) is 5.57. The molecule has 0 spiro atoms. The summed E-state index contributed by atoms with van der Waals surface area (Å²) < 4.78 is 6.60. The Bertz CT molecular complexity index is 1000. The molecule has 1 aliphatic rings. The second-order valence-corrected chi connectivity index (χ2v) is 7.89. The highest BCUT2D eigenvalue weighted by Gasteiger charge is 2.27. The van der Waals surface area contributed by atoms with E-state index in [9.17, 15) is 5.11 Å². The molecular formula is C24H23BrN2O2. The molecule has 3 aromatic rings. The minimum atomic E-state index is -0.192. The van der Waals surface area contributed by atoms with Gasteiger partial charge in [-0.1, -0.05) is 46.3 Å². The van der Waals surface area contributed by atoms with Gasteiger partial charge in [-0.15, -0.1) is 0 Å². The summed E-state index contributed by atoms with van der Waals surface area (Å²) >= 11 is 3.49. The second kappa shape index (κ2) is 8.80. The Morgan fingerprint density at radius 2 is 1.76 bits per heavy atom. The summed E-state index contributed by atoms with van der Waals surface area (Å²) in [4.78, 5) is 5.00. The average Bonchev–Trinajstić information content (AvgIpc) is 2.75. The molecule has 4 rings (SSSR count). The Balaban J connectivity index is 1.71. The van der Waals surface area contributed by atoms with Crippen molar-refractivity contribution in [1.82, 2.24) is 5.32 Å². The number of halogens is 1. The summed E-state index contributed by atoms with van der Waals surface area (Å²) in [5.74, 6) is 1.15. The van der Waals surface area contributed by atoms with Crippen molar-refractivity contribution in [3.8, 4) is 11.5 Å². The van der Waals surface area contributed by atoms with Crippen molar-refractivity contribution < 1.29 is 9.84 Å². The molecule has 148 valence electrons. The van der Waals surface area contributed by atoms with E-state index in [2.05, 4.69) is 45.5 Å². The Hall–Kier alpha value is -2.63. The van der Waals surface area contributed by atoms with Crippen LogP contribution in [0, 0.1) is 0 Å². The highest BCUT2D eigenvalue weighted by Crippen LogP contribution is 2.34. The van der Waals surface area contributed by atoms with Crippen LogP contribution in [0.3, 0.4) is 0 Å². The number of hydrogen-bond acceptors (Lipinski definition) is 4. The predicted molar refractivity (Wildman–Crippen MR) is 120 cm³/mol. The fourth-order valence-electron chi connectivity index (χ4n) is 3.59. The Morgan fingerprint density at radius 3 is 2.45 bits per heavy atom. The number of para-hydroxylation sites is 1. The van der Waals surface area contributed by atoms with E-state index < -0.39 is 0 Å². The molecule has 0 bridgehead atoms. The van der Waals surface area contributed by atoms with Gasteiger partial charge < -0.3 is 9.84 Å². The zero-order valence-electron chi connectivity index (χ0n) is 16.2. The van der Waals surface area contributed by atoms with E-state index in [1.54, 1.807) is 6.07 Å². The van der Waals surface area contributed by atoms with Crippen LogP contribution in [0.4, 0.5) is 0 Å². The first-order chi connectivity index (χ1) is 14.1. The van der Waals surface area contributed by atoms with Crippen LogP contribution in [-0.2, 0) is 0 Å². The van der Waals surface area contributed by atoms with Crippen LogP contribution in [0.15, 0.2) is 82.3 Å². The van der Waals surface area contributed by atoms with E-state index >= 15 is 0 Å². The molecule has 2 atom stereocenters. The van der Waals surface area contributed by atoms with E-state index in [-0.39, 0.29) is 12.2 Å². The third-order valence-electron chi connectivity index (χ3n) is 5.04. The molecule has 2 N–H and O–H groups in total. The van der Waals surface area contributed by atoms with Gasteiger partial charge in [-0.25, -0.2) is 0 Å². The number of hydrogen-bond donors (Lipinski definition) is 2. The van der Waals surface area contributed by atoms with Crippen molar-refractivity contribution >= 4 is 21.6 Å². The van der Waals surface area contributed by atoms with Crippen molar-refractivity contribution in [1.29, 1.82) is 0 Å². The van der Waals surface area contributed by atoms with Crippen LogP contribution in [0.2, 0.25) is 0 Å². The van der Waals surface area contributed by atoms with Crippen LogP contribution in [-0.4, -0.2) is 17.4 Å². The molecule has 0 fully saturated rings. The van der Waals surface area contributed by atoms with Crippen LogP contribution in [0.1, 0.15) is 42.2 Å². The third kappa shape index (κ3) is 4.52. The number of benzene rings is 3. The van der Waals surface area contributed by atoms with Gasteiger partial charge in [-0.3, -0.25) is 10.3 Å². The first-order valence-corrected chi connectivity index (χ1v) is 10.5. The molecule has 0 radical (unpaired) electrons. The average molecular weight is 451 g/mol. The summed E-state index contributed by atoms with van der Waals surface area (Å²) in [5, 5.41) is 14.0. The highest BCUT2D eigenvalue weighted by molar-refractivity contribution is 9.10. The number of phenols is 1. The SMILES string of the molecule is CCOc1ccc(C2=NC(c3ccc(Br)cc3)NC(c3ccccc3O)C2)cc1. The Labute approximate surface area is 179 Å². The second-order valence-electron chi connectivity index (χ2n) is 6.97. The number of ether oxygens (including phenoxy) is 1. The van der Waals surface area contributed by atoms with Gasteiger partial charge >= 0.3 is 0 Å². The molecule has 0 amide bonds. The lowest BCUT2D eigenvalue weighted by atomic mass is 9.93. The van der Waals surface area contributed by atoms with Crippen molar-refractivity contribution in [3.05, 3.63) is 94.0 Å². The summed E-state index contributed by atoms with van der Waals surface area (Å²) in [5.41, 5.74) is 4.04. The molecule has 1 heterocycles. The number of aliphatic imine (C=N–C) groups is 1. The molecule has 29 heavy (non-hydrogen) atoms. The van der Waals surface area contributed by atoms with Gasteiger partial charge in [-0.2, -0.15) is 0 Å². The van der Waals surface area contributed by atoms with E-state index in [4.69, 9.17) is 9.73 Å². The van der Waals surface area contributed by atoms with Gasteiger partial charge in [0.1, 0.15) is 17.7 Å². The van der Waals surface area contributed by atoms with Gasteiger partial charge in [-0.05, 0) is 60.5 Å². The monoisotopic (exact) mass is 450 g/mol. The maximum atomic E-state index is 10.4.